The largest absolute Gasteiger partial charge is 0.344 e. The van der Waals surface area contributed by atoms with E-state index in [-0.39, 0.29) is 0 Å². The molecular weight excluding hydrogens is 312 g/mol. The quantitative estimate of drug-likeness (QED) is 0.706. The molecule has 0 aliphatic carbocycles. The first kappa shape index (κ1) is 15.9. The molecule has 0 unspecified atom stereocenters. The lowest BCUT2D eigenvalue weighted by atomic mass is 10.0. The van der Waals surface area contributed by atoms with Gasteiger partial charge in [-0.25, -0.2) is 0 Å². The molecule has 2 nitrogen and oxygen atoms in total. The Kier molecular flexibility index (Phi) is 4.23. The van der Waals surface area contributed by atoms with Gasteiger partial charge in [0.05, 0.1) is 0 Å². The Morgan fingerprint density at radius 2 is 2.08 bits per heavy atom. The zero-order valence-corrected chi connectivity index (χ0v) is 15.7. The number of hydrogen-bond acceptors (Lipinski definition) is 2. The first-order chi connectivity index (χ1) is 11.6. The number of aryl methyl sites for hydroxylation is 3. The normalized spacial score (nSPS) is 14.5. The first-order valence-electron chi connectivity index (χ1n) is 9.03. The lowest BCUT2D eigenvalue weighted by Gasteiger charge is -2.17. The summed E-state index contributed by atoms with van der Waals surface area (Å²) in [5, 5.41) is 4.99. The van der Waals surface area contributed by atoms with Crippen molar-refractivity contribution in [3.05, 3.63) is 56.9 Å². The van der Waals surface area contributed by atoms with Crippen molar-refractivity contribution >= 4 is 22.2 Å². The summed E-state index contributed by atoms with van der Waals surface area (Å²) in [4.78, 5) is 3.01. The van der Waals surface area contributed by atoms with Gasteiger partial charge in [-0.15, -0.1) is 11.3 Å². The summed E-state index contributed by atoms with van der Waals surface area (Å²) in [6.45, 7) is 9.95. The number of nitrogens with one attached hydrogen (secondary N) is 1. The molecule has 1 aliphatic heterocycles. The Morgan fingerprint density at radius 3 is 2.88 bits per heavy atom. The Morgan fingerprint density at radius 1 is 1.21 bits per heavy atom. The van der Waals surface area contributed by atoms with Gasteiger partial charge in [-0.05, 0) is 49.1 Å². The van der Waals surface area contributed by atoms with Crippen molar-refractivity contribution in [1.82, 2.24) is 9.88 Å². The van der Waals surface area contributed by atoms with Crippen molar-refractivity contribution in [3.63, 3.8) is 0 Å². The second kappa shape index (κ2) is 6.38. The molecule has 3 heterocycles. The lowest BCUT2D eigenvalue weighted by Crippen LogP contribution is -2.24. The summed E-state index contributed by atoms with van der Waals surface area (Å²) >= 11 is 1.98. The maximum absolute atomic E-state index is 3.54. The minimum absolute atomic E-state index is 0.637. The number of aromatic nitrogens is 1. The van der Waals surface area contributed by atoms with E-state index in [9.17, 15) is 0 Å². The molecular formula is C21H26N2S. The second-order valence-electron chi connectivity index (χ2n) is 7.23. The van der Waals surface area contributed by atoms with Crippen LogP contribution in [0.3, 0.4) is 0 Å². The van der Waals surface area contributed by atoms with Gasteiger partial charge in [0.2, 0.25) is 0 Å². The summed E-state index contributed by atoms with van der Waals surface area (Å²) in [6, 6.07) is 11.6. The molecule has 0 atom stereocenters. The zero-order chi connectivity index (χ0) is 16.7. The maximum atomic E-state index is 3.54. The third-order valence-corrected chi connectivity index (χ3v) is 6.56. The van der Waals surface area contributed by atoms with Gasteiger partial charge in [0.1, 0.15) is 0 Å². The van der Waals surface area contributed by atoms with Gasteiger partial charge >= 0.3 is 0 Å². The third kappa shape index (κ3) is 2.80. The molecule has 24 heavy (non-hydrogen) atoms. The summed E-state index contributed by atoms with van der Waals surface area (Å²) in [7, 11) is 0. The van der Waals surface area contributed by atoms with Crippen LogP contribution in [0.5, 0.6) is 0 Å². The molecule has 0 bridgehead atoms. The van der Waals surface area contributed by atoms with Crippen molar-refractivity contribution in [3.8, 4) is 0 Å². The summed E-state index contributed by atoms with van der Waals surface area (Å²) in [5.41, 5.74) is 5.84. The van der Waals surface area contributed by atoms with Crippen molar-refractivity contribution in [2.75, 3.05) is 6.54 Å². The molecule has 0 saturated heterocycles. The minimum atomic E-state index is 0.637. The molecule has 4 rings (SSSR count). The molecule has 0 fully saturated rings. The van der Waals surface area contributed by atoms with Crippen LogP contribution in [-0.4, -0.2) is 11.1 Å². The molecule has 0 saturated carbocycles. The number of nitrogens with zero attached hydrogens (tertiary/aromatic N) is 1. The predicted octanol–water partition coefficient (Wildman–Crippen LogP) is 5.02. The monoisotopic (exact) mass is 338 g/mol. The van der Waals surface area contributed by atoms with E-state index in [0.29, 0.717) is 5.92 Å². The molecule has 3 aromatic rings. The van der Waals surface area contributed by atoms with Crippen LogP contribution in [0, 0.1) is 6.92 Å². The molecule has 0 spiro atoms. The van der Waals surface area contributed by atoms with Crippen LogP contribution in [0.2, 0.25) is 0 Å². The highest BCUT2D eigenvalue weighted by atomic mass is 32.1. The molecule has 0 amide bonds. The fraction of sp³-hybridized carbons (Fsp3) is 0.429. The lowest BCUT2D eigenvalue weighted by molar-refractivity contribution is 0.596. The Bertz CT molecular complexity index is 869. The van der Waals surface area contributed by atoms with Crippen LogP contribution in [0.25, 0.3) is 10.9 Å². The molecule has 2 aromatic heterocycles. The molecule has 126 valence electrons. The summed E-state index contributed by atoms with van der Waals surface area (Å²) in [5.74, 6) is 0.637. The number of rotatable bonds is 4. The highest BCUT2D eigenvalue weighted by Crippen LogP contribution is 2.31. The van der Waals surface area contributed by atoms with E-state index in [4.69, 9.17) is 0 Å². The topological polar surface area (TPSA) is 17.0 Å². The Hall–Kier alpha value is -1.58. The van der Waals surface area contributed by atoms with E-state index in [2.05, 4.69) is 61.0 Å². The predicted molar refractivity (Wildman–Crippen MR) is 104 cm³/mol. The first-order valence-corrected chi connectivity index (χ1v) is 9.85. The average Bonchev–Trinajstić information content (AvgIpc) is 3.16. The van der Waals surface area contributed by atoms with Crippen LogP contribution in [-0.2, 0) is 25.9 Å². The van der Waals surface area contributed by atoms with E-state index >= 15 is 0 Å². The van der Waals surface area contributed by atoms with Gasteiger partial charge in [0, 0.05) is 52.4 Å². The zero-order valence-electron chi connectivity index (χ0n) is 14.9. The van der Waals surface area contributed by atoms with Crippen LogP contribution in [0.1, 0.15) is 46.3 Å². The van der Waals surface area contributed by atoms with Crippen molar-refractivity contribution in [1.29, 1.82) is 0 Å². The van der Waals surface area contributed by atoms with E-state index in [1.165, 1.54) is 31.8 Å². The average molecular weight is 339 g/mol. The molecule has 1 aliphatic rings. The highest BCUT2D eigenvalue weighted by Gasteiger charge is 2.19. The highest BCUT2D eigenvalue weighted by molar-refractivity contribution is 7.12. The maximum Gasteiger partial charge on any atom is 0.0486 e. The molecule has 0 radical (unpaired) electrons. The number of benzene rings is 1. The fourth-order valence-corrected chi connectivity index (χ4v) is 4.81. The number of hydrogen-bond donors (Lipinski definition) is 1. The van der Waals surface area contributed by atoms with Gasteiger partial charge in [0.25, 0.3) is 0 Å². The molecule has 1 N–H and O–H groups in total. The van der Waals surface area contributed by atoms with Crippen molar-refractivity contribution in [2.45, 2.75) is 52.6 Å². The number of thiophene rings is 1. The smallest absolute Gasteiger partial charge is 0.0486 e. The van der Waals surface area contributed by atoms with Crippen molar-refractivity contribution in [2.24, 2.45) is 0 Å². The fourth-order valence-electron chi connectivity index (χ4n) is 3.81. The van der Waals surface area contributed by atoms with Gasteiger partial charge in [0.15, 0.2) is 0 Å². The van der Waals surface area contributed by atoms with Gasteiger partial charge in [-0.3, -0.25) is 0 Å². The van der Waals surface area contributed by atoms with E-state index in [0.717, 1.165) is 32.5 Å². The number of fused-ring (bicyclic) bond motifs is 3. The SMILES string of the molecule is Cc1ccc2c(c1)c1c(n2CCc2ccc(C(C)C)s2)CCNC1. The van der Waals surface area contributed by atoms with E-state index in [1.54, 1.807) is 5.69 Å². The second-order valence-corrected chi connectivity index (χ2v) is 8.43. The summed E-state index contributed by atoms with van der Waals surface area (Å²) in [6.07, 6.45) is 2.28. The van der Waals surface area contributed by atoms with Gasteiger partial charge in [-0.2, -0.15) is 0 Å². The Labute approximate surface area is 148 Å². The third-order valence-electron chi connectivity index (χ3n) is 5.12. The Balaban J connectivity index is 1.68. The van der Waals surface area contributed by atoms with Gasteiger partial charge in [-0.1, -0.05) is 25.5 Å². The van der Waals surface area contributed by atoms with Crippen LogP contribution in [0.4, 0.5) is 0 Å². The van der Waals surface area contributed by atoms with Gasteiger partial charge < -0.3 is 9.88 Å². The molecule has 1 aromatic carbocycles. The van der Waals surface area contributed by atoms with E-state index in [1.807, 2.05) is 11.3 Å². The minimum Gasteiger partial charge on any atom is -0.344 e. The standard InChI is InChI=1S/C21H26N2S/c1-14(2)21-7-5-16(24-21)9-11-23-19-6-4-15(3)12-17(19)18-13-22-10-8-20(18)23/h4-7,12,14,22H,8-11,13H2,1-3H3. The van der Waals surface area contributed by atoms with Crippen LogP contribution in [0.15, 0.2) is 30.3 Å². The van der Waals surface area contributed by atoms with E-state index < -0.39 is 0 Å². The van der Waals surface area contributed by atoms with Crippen LogP contribution < -0.4 is 5.32 Å². The molecule has 3 heteroatoms. The van der Waals surface area contributed by atoms with Crippen LogP contribution >= 0.6 is 11.3 Å². The van der Waals surface area contributed by atoms with Crippen molar-refractivity contribution < 1.29 is 0 Å². The summed E-state index contributed by atoms with van der Waals surface area (Å²) < 4.78 is 2.58.